The van der Waals surface area contributed by atoms with Crippen LogP contribution in [0.4, 0.5) is 0 Å². The molecule has 1 N–H and O–H groups in total. The van der Waals surface area contributed by atoms with Crippen LogP contribution in [0.25, 0.3) is 0 Å². The van der Waals surface area contributed by atoms with Crippen LogP contribution in [0.2, 0.25) is 0 Å². The van der Waals surface area contributed by atoms with Gasteiger partial charge in [0.25, 0.3) is 0 Å². The van der Waals surface area contributed by atoms with Crippen LogP contribution in [0.5, 0.6) is 0 Å². The van der Waals surface area contributed by atoms with Gasteiger partial charge in [0.1, 0.15) is 0 Å². The normalized spacial score (nSPS) is 16.2. The number of rotatable bonds is 7. The molecule has 13 heavy (non-hydrogen) atoms. The van der Waals surface area contributed by atoms with E-state index >= 15 is 0 Å². The molecule has 0 saturated heterocycles. The molecule has 0 aliphatic heterocycles. The second-order valence-corrected chi connectivity index (χ2v) is 4.46. The molecule has 0 bridgehead atoms. The second kappa shape index (κ2) is 6.63. The van der Waals surface area contributed by atoms with Crippen molar-refractivity contribution in [2.45, 2.75) is 32.2 Å². The standard InChI is InChI=1S/C10H23ClN2/c1-5-10(2,6-7-11)12-8-9-13(3)4/h12H,5-9H2,1-4H3. The summed E-state index contributed by atoms with van der Waals surface area (Å²) in [6.45, 7) is 6.56. The van der Waals surface area contributed by atoms with Crippen LogP contribution < -0.4 is 5.32 Å². The summed E-state index contributed by atoms with van der Waals surface area (Å²) in [7, 11) is 4.18. The summed E-state index contributed by atoms with van der Waals surface area (Å²) in [5.74, 6) is 0.735. The van der Waals surface area contributed by atoms with Gasteiger partial charge < -0.3 is 10.2 Å². The van der Waals surface area contributed by atoms with Gasteiger partial charge in [0.15, 0.2) is 0 Å². The van der Waals surface area contributed by atoms with E-state index in [1.54, 1.807) is 0 Å². The van der Waals surface area contributed by atoms with E-state index in [-0.39, 0.29) is 5.54 Å². The Bertz CT molecular complexity index is 128. The molecular weight excluding hydrogens is 184 g/mol. The van der Waals surface area contributed by atoms with Gasteiger partial charge in [-0.05, 0) is 33.9 Å². The Morgan fingerprint density at radius 3 is 2.38 bits per heavy atom. The summed E-state index contributed by atoms with van der Waals surface area (Å²) < 4.78 is 0. The molecule has 2 nitrogen and oxygen atoms in total. The lowest BCUT2D eigenvalue weighted by atomic mass is 9.95. The molecule has 1 atom stereocenters. The molecule has 0 radical (unpaired) electrons. The van der Waals surface area contributed by atoms with Crippen molar-refractivity contribution in [2.75, 3.05) is 33.1 Å². The number of nitrogens with zero attached hydrogens (tertiary/aromatic N) is 1. The number of nitrogens with one attached hydrogen (secondary N) is 1. The Morgan fingerprint density at radius 1 is 1.38 bits per heavy atom. The zero-order valence-corrected chi connectivity index (χ0v) is 10.1. The molecule has 0 spiro atoms. The Balaban J connectivity index is 3.69. The van der Waals surface area contributed by atoms with Gasteiger partial charge in [0.2, 0.25) is 0 Å². The van der Waals surface area contributed by atoms with E-state index in [1.807, 2.05) is 0 Å². The molecule has 0 heterocycles. The van der Waals surface area contributed by atoms with Crippen molar-refractivity contribution in [1.29, 1.82) is 0 Å². The molecule has 0 fully saturated rings. The molecule has 0 aromatic rings. The largest absolute Gasteiger partial charge is 0.310 e. The van der Waals surface area contributed by atoms with Gasteiger partial charge in [-0.2, -0.15) is 0 Å². The number of hydrogen-bond donors (Lipinski definition) is 1. The topological polar surface area (TPSA) is 15.3 Å². The minimum Gasteiger partial charge on any atom is -0.310 e. The molecule has 0 amide bonds. The Kier molecular flexibility index (Phi) is 6.74. The van der Waals surface area contributed by atoms with Gasteiger partial charge in [-0.3, -0.25) is 0 Å². The summed E-state index contributed by atoms with van der Waals surface area (Å²) in [4.78, 5) is 2.18. The first-order valence-electron chi connectivity index (χ1n) is 5.00. The molecule has 0 aliphatic carbocycles. The van der Waals surface area contributed by atoms with Crippen LogP contribution in [0.3, 0.4) is 0 Å². The molecule has 80 valence electrons. The van der Waals surface area contributed by atoms with Crippen molar-refractivity contribution in [3.05, 3.63) is 0 Å². The summed E-state index contributed by atoms with van der Waals surface area (Å²) in [6.07, 6.45) is 2.17. The lowest BCUT2D eigenvalue weighted by Crippen LogP contribution is -2.44. The summed E-state index contributed by atoms with van der Waals surface area (Å²) in [5.41, 5.74) is 0.220. The van der Waals surface area contributed by atoms with E-state index in [9.17, 15) is 0 Å². The van der Waals surface area contributed by atoms with Gasteiger partial charge in [-0.1, -0.05) is 6.92 Å². The van der Waals surface area contributed by atoms with Crippen molar-refractivity contribution in [3.8, 4) is 0 Å². The van der Waals surface area contributed by atoms with Crippen molar-refractivity contribution in [2.24, 2.45) is 0 Å². The molecule has 0 aromatic heterocycles. The molecule has 1 unspecified atom stereocenters. The first-order chi connectivity index (χ1) is 6.04. The van der Waals surface area contributed by atoms with Crippen molar-refractivity contribution in [3.63, 3.8) is 0 Å². The molecule has 0 aliphatic rings. The first kappa shape index (κ1) is 13.2. The van der Waals surface area contributed by atoms with Gasteiger partial charge in [0.05, 0.1) is 0 Å². The smallest absolute Gasteiger partial charge is 0.0240 e. The average Bonchev–Trinajstić information content (AvgIpc) is 2.04. The highest BCUT2D eigenvalue weighted by atomic mass is 35.5. The number of alkyl halides is 1. The van der Waals surface area contributed by atoms with E-state index in [2.05, 4.69) is 38.2 Å². The molecule has 0 saturated carbocycles. The Hall–Kier alpha value is 0.210. The molecular formula is C10H23ClN2. The Morgan fingerprint density at radius 2 is 2.00 bits per heavy atom. The fourth-order valence-electron chi connectivity index (χ4n) is 1.18. The zero-order chi connectivity index (χ0) is 10.3. The summed E-state index contributed by atoms with van der Waals surface area (Å²) >= 11 is 5.76. The zero-order valence-electron chi connectivity index (χ0n) is 9.36. The Labute approximate surface area is 87.6 Å². The molecule has 0 rings (SSSR count). The maximum atomic E-state index is 5.76. The fourth-order valence-corrected chi connectivity index (χ4v) is 1.60. The second-order valence-electron chi connectivity index (χ2n) is 4.08. The first-order valence-corrected chi connectivity index (χ1v) is 5.53. The van der Waals surface area contributed by atoms with E-state index in [0.717, 1.165) is 31.8 Å². The highest BCUT2D eigenvalue weighted by Crippen LogP contribution is 2.14. The predicted octanol–water partition coefficient (Wildman–Crippen LogP) is 1.94. The van der Waals surface area contributed by atoms with Crippen molar-refractivity contribution >= 4 is 11.6 Å². The minimum atomic E-state index is 0.220. The van der Waals surface area contributed by atoms with E-state index in [4.69, 9.17) is 11.6 Å². The van der Waals surface area contributed by atoms with E-state index in [1.165, 1.54) is 0 Å². The molecule has 0 aromatic carbocycles. The third-order valence-electron chi connectivity index (χ3n) is 2.54. The summed E-state index contributed by atoms with van der Waals surface area (Å²) in [6, 6.07) is 0. The van der Waals surface area contributed by atoms with Crippen LogP contribution in [-0.2, 0) is 0 Å². The third kappa shape index (κ3) is 6.30. The lowest BCUT2D eigenvalue weighted by Gasteiger charge is -2.29. The monoisotopic (exact) mass is 206 g/mol. The minimum absolute atomic E-state index is 0.220. The van der Waals surface area contributed by atoms with E-state index in [0.29, 0.717) is 0 Å². The highest BCUT2D eigenvalue weighted by Gasteiger charge is 2.19. The van der Waals surface area contributed by atoms with Crippen LogP contribution >= 0.6 is 11.6 Å². The summed E-state index contributed by atoms with van der Waals surface area (Å²) in [5, 5.41) is 3.55. The van der Waals surface area contributed by atoms with Gasteiger partial charge >= 0.3 is 0 Å². The number of halogens is 1. The molecule has 3 heteroatoms. The quantitative estimate of drug-likeness (QED) is 0.641. The van der Waals surface area contributed by atoms with Crippen molar-refractivity contribution in [1.82, 2.24) is 10.2 Å². The van der Waals surface area contributed by atoms with Crippen LogP contribution in [-0.4, -0.2) is 43.5 Å². The van der Waals surface area contributed by atoms with Crippen molar-refractivity contribution < 1.29 is 0 Å². The highest BCUT2D eigenvalue weighted by molar-refractivity contribution is 6.17. The number of hydrogen-bond acceptors (Lipinski definition) is 2. The average molecular weight is 207 g/mol. The fraction of sp³-hybridized carbons (Fsp3) is 1.00. The lowest BCUT2D eigenvalue weighted by molar-refractivity contribution is 0.305. The van der Waals surface area contributed by atoms with Crippen LogP contribution in [0, 0.1) is 0 Å². The SMILES string of the molecule is CCC(C)(CCCl)NCCN(C)C. The van der Waals surface area contributed by atoms with Gasteiger partial charge in [-0.25, -0.2) is 0 Å². The third-order valence-corrected chi connectivity index (χ3v) is 2.73. The van der Waals surface area contributed by atoms with Gasteiger partial charge in [-0.15, -0.1) is 11.6 Å². The van der Waals surface area contributed by atoms with Crippen LogP contribution in [0.15, 0.2) is 0 Å². The maximum absolute atomic E-state index is 5.76. The number of likely N-dealkylation sites (N-methyl/N-ethyl adjacent to an activating group) is 1. The maximum Gasteiger partial charge on any atom is 0.0240 e. The van der Waals surface area contributed by atoms with Gasteiger partial charge in [0, 0.05) is 24.5 Å². The predicted molar refractivity (Wildman–Crippen MR) is 60.6 cm³/mol. The van der Waals surface area contributed by atoms with E-state index < -0.39 is 0 Å². The van der Waals surface area contributed by atoms with Crippen LogP contribution in [0.1, 0.15) is 26.7 Å².